The van der Waals surface area contributed by atoms with Gasteiger partial charge in [0.15, 0.2) is 34.9 Å². The van der Waals surface area contributed by atoms with Crippen molar-refractivity contribution in [2.45, 2.75) is 0 Å². The molecule has 0 saturated carbocycles. The van der Waals surface area contributed by atoms with Crippen LogP contribution in [-0.4, -0.2) is 48.2 Å². The zero-order valence-corrected chi connectivity index (χ0v) is 67.2. The third-order valence-corrected chi connectivity index (χ3v) is 24.0. The molecule has 6 aromatic heterocycles. The first-order chi connectivity index (χ1) is 61.5. The minimum absolute atomic E-state index is 0.638. The lowest BCUT2D eigenvalue weighted by molar-refractivity contribution is 1.07. The lowest BCUT2D eigenvalue weighted by Gasteiger charge is -2.12. The van der Waals surface area contributed by atoms with Crippen molar-refractivity contribution in [1.82, 2.24) is 48.2 Å². The zero-order chi connectivity index (χ0) is 82.0. The van der Waals surface area contributed by atoms with Crippen molar-refractivity contribution in [3.63, 3.8) is 0 Å². The lowest BCUT2D eigenvalue weighted by atomic mass is 9.98. The molecular formula is C114H74N10. The Bertz CT molecular complexity index is 8050. The summed E-state index contributed by atoms with van der Waals surface area (Å²) in [5, 5.41) is 9.84. The maximum absolute atomic E-state index is 4.98. The average molecular weight is 1580 g/mol. The van der Waals surface area contributed by atoms with Crippen LogP contribution in [0.25, 0.3) is 223 Å². The first kappa shape index (κ1) is 72.4. The minimum Gasteiger partial charge on any atom is -0.309 e. The van der Waals surface area contributed by atoms with Gasteiger partial charge in [0.1, 0.15) is 0 Å². The van der Waals surface area contributed by atoms with E-state index < -0.39 is 0 Å². The highest BCUT2D eigenvalue weighted by Crippen LogP contribution is 2.45. The van der Waals surface area contributed by atoms with Gasteiger partial charge in [-0.25, -0.2) is 29.9 Å². The second-order valence-corrected chi connectivity index (χ2v) is 31.2. The summed E-state index contributed by atoms with van der Waals surface area (Å²) in [4.78, 5) is 29.7. The molecule has 24 aromatic rings. The van der Waals surface area contributed by atoms with Crippen LogP contribution in [0.2, 0.25) is 0 Å². The van der Waals surface area contributed by atoms with Crippen LogP contribution < -0.4 is 0 Å². The van der Waals surface area contributed by atoms with Crippen LogP contribution in [-0.2, 0) is 0 Å². The molecular weight excluding hydrogens is 1510 g/mol. The Kier molecular flexibility index (Phi) is 18.0. The second kappa shape index (κ2) is 30.8. The molecule has 10 heteroatoms. The van der Waals surface area contributed by atoms with Crippen LogP contribution in [0, 0.1) is 0 Å². The molecule has 24 rings (SSSR count). The van der Waals surface area contributed by atoms with Gasteiger partial charge >= 0.3 is 0 Å². The first-order valence-electron chi connectivity index (χ1n) is 41.9. The smallest absolute Gasteiger partial charge is 0.164 e. The molecule has 124 heavy (non-hydrogen) atoms. The number of benzene rings is 18. The summed E-state index contributed by atoms with van der Waals surface area (Å²) in [5.41, 5.74) is 29.0. The van der Waals surface area contributed by atoms with Crippen molar-refractivity contribution in [1.29, 1.82) is 0 Å². The summed E-state index contributed by atoms with van der Waals surface area (Å²) in [7, 11) is 0. The van der Waals surface area contributed by atoms with Crippen molar-refractivity contribution in [2.24, 2.45) is 0 Å². The fourth-order valence-corrected chi connectivity index (χ4v) is 18.3. The molecule has 0 saturated heterocycles. The Hall–Kier alpha value is -16.8. The fourth-order valence-electron chi connectivity index (χ4n) is 18.3. The Labute approximate surface area is 715 Å². The number of hydrogen-bond donors (Lipinski definition) is 0. The van der Waals surface area contributed by atoms with Crippen molar-refractivity contribution >= 4 is 87.2 Å². The molecule has 0 unspecified atom stereocenters. The minimum atomic E-state index is 0.638. The van der Waals surface area contributed by atoms with E-state index in [0.29, 0.717) is 34.9 Å². The van der Waals surface area contributed by atoms with E-state index in [-0.39, 0.29) is 0 Å². The Morgan fingerprint density at radius 2 is 0.371 bits per heavy atom. The number of nitrogens with zero attached hydrogens (tertiary/aromatic N) is 10. The predicted molar refractivity (Wildman–Crippen MR) is 511 cm³/mol. The third-order valence-electron chi connectivity index (χ3n) is 24.0. The lowest BCUT2D eigenvalue weighted by Crippen LogP contribution is -2.00. The van der Waals surface area contributed by atoms with Crippen LogP contribution in [0.5, 0.6) is 0 Å². The second-order valence-electron chi connectivity index (χ2n) is 31.2. The van der Waals surface area contributed by atoms with Gasteiger partial charge in [-0.1, -0.05) is 346 Å². The molecule has 0 aliphatic rings. The summed E-state index contributed by atoms with van der Waals surface area (Å²) in [6.07, 6.45) is 0. The van der Waals surface area contributed by atoms with Crippen LogP contribution in [0.3, 0.4) is 0 Å². The molecule has 0 aliphatic carbocycles. The van der Waals surface area contributed by atoms with Gasteiger partial charge in [0.05, 0.1) is 44.1 Å². The summed E-state index contributed by atoms with van der Waals surface area (Å²) in [6, 6.07) is 159. The fraction of sp³-hybridized carbons (Fsp3) is 0. The summed E-state index contributed by atoms with van der Waals surface area (Å²) in [6.45, 7) is 0. The number of para-hydroxylation sites is 6. The molecule has 580 valence electrons. The molecule has 0 fully saturated rings. The van der Waals surface area contributed by atoms with E-state index in [2.05, 4.69) is 346 Å². The molecule has 18 aromatic carbocycles. The molecule has 0 atom stereocenters. The van der Waals surface area contributed by atoms with E-state index in [1.807, 2.05) is 121 Å². The van der Waals surface area contributed by atoms with E-state index in [1.165, 1.54) is 104 Å². The zero-order valence-electron chi connectivity index (χ0n) is 67.2. The third kappa shape index (κ3) is 12.8. The highest BCUT2D eigenvalue weighted by atomic mass is 15.1. The first-order valence-corrected chi connectivity index (χ1v) is 41.9. The molecule has 0 amide bonds. The number of hydrogen-bond acceptors (Lipinski definition) is 6. The average Bonchev–Trinajstić information content (AvgIpc) is 1.60. The standard InChI is InChI=1S/2C57H37N5/c1-4-17-39(18-5-1)55-58-56(40-19-6-2-7-20-40)60-57(59-55)41-35-33-38(34-36-41)45-27-15-32-52-53(45)48-26-11-13-30-50(48)62(52)44-24-14-21-42(37-44)46-28-16-31-51-54(46)47-25-10-12-29-49(47)61(51)43-22-8-3-9-23-43;1-4-15-40(16-5-1)55-58-56(41-17-6-2-7-18-41)60-57(59-55)42-29-27-39(28-30-42)46-23-14-26-53-54(46)48-22-11-13-25-51(48)62(53)45-34-31-38(32-35-45)43-33-36-52-49(37-43)47-21-10-12-24-50(47)61(52)44-19-8-3-9-20-44/h2*1-37H. The van der Waals surface area contributed by atoms with Crippen LogP contribution in [0.15, 0.2) is 449 Å². The highest BCUT2D eigenvalue weighted by molar-refractivity contribution is 6.19. The normalized spacial score (nSPS) is 11.5. The molecule has 6 heterocycles. The highest BCUT2D eigenvalue weighted by Gasteiger charge is 2.24. The van der Waals surface area contributed by atoms with Crippen LogP contribution in [0.4, 0.5) is 0 Å². The van der Waals surface area contributed by atoms with Gasteiger partial charge in [0, 0.05) is 99.2 Å². The van der Waals surface area contributed by atoms with Crippen molar-refractivity contribution in [3.8, 4) is 136 Å². The number of fused-ring (bicyclic) bond motifs is 12. The largest absolute Gasteiger partial charge is 0.309 e. The van der Waals surface area contributed by atoms with Crippen molar-refractivity contribution in [3.05, 3.63) is 449 Å². The van der Waals surface area contributed by atoms with E-state index in [0.717, 1.165) is 83.8 Å². The topological polar surface area (TPSA) is 97.1 Å². The van der Waals surface area contributed by atoms with Crippen LogP contribution >= 0.6 is 0 Å². The van der Waals surface area contributed by atoms with Gasteiger partial charge in [-0.05, 0) is 148 Å². The summed E-state index contributed by atoms with van der Waals surface area (Å²) < 4.78 is 9.55. The molecule has 0 spiro atoms. The van der Waals surface area contributed by atoms with E-state index in [9.17, 15) is 0 Å². The van der Waals surface area contributed by atoms with Crippen molar-refractivity contribution in [2.75, 3.05) is 0 Å². The molecule has 0 radical (unpaired) electrons. The van der Waals surface area contributed by atoms with Gasteiger partial charge < -0.3 is 18.3 Å². The molecule has 10 nitrogen and oxygen atoms in total. The summed E-state index contributed by atoms with van der Waals surface area (Å²) in [5.74, 6) is 3.88. The number of rotatable bonds is 14. The Morgan fingerprint density at radius 3 is 0.758 bits per heavy atom. The van der Waals surface area contributed by atoms with Crippen molar-refractivity contribution < 1.29 is 0 Å². The SMILES string of the molecule is c1ccc(-c2nc(-c3ccccc3)nc(-c3ccc(-c4cccc5c4c4ccccc4n5-c4ccc(-c5ccc6c(c5)c5ccccc5n6-c5ccccc5)cc4)cc3)n2)cc1.c1ccc(-c2nc(-c3ccccc3)nc(-c3ccc(-c4cccc5c4c4ccccc4n5-c4cccc(-c5cccc6c5c5ccccc5n6-c5ccccc5)c4)cc3)n2)cc1. The molecule has 0 aliphatic heterocycles. The van der Waals surface area contributed by atoms with Gasteiger partial charge in [-0.2, -0.15) is 0 Å². The quantitative estimate of drug-likeness (QED) is 0.108. The van der Waals surface area contributed by atoms with E-state index in [4.69, 9.17) is 29.9 Å². The van der Waals surface area contributed by atoms with Gasteiger partial charge in [0.25, 0.3) is 0 Å². The Morgan fingerprint density at radius 1 is 0.129 bits per heavy atom. The number of aromatic nitrogens is 10. The maximum atomic E-state index is 4.98. The van der Waals surface area contributed by atoms with E-state index >= 15 is 0 Å². The van der Waals surface area contributed by atoms with Gasteiger partial charge in [-0.3, -0.25) is 0 Å². The Balaban J connectivity index is 0.000000143. The van der Waals surface area contributed by atoms with E-state index in [1.54, 1.807) is 0 Å². The van der Waals surface area contributed by atoms with Gasteiger partial charge in [0.2, 0.25) is 0 Å². The van der Waals surface area contributed by atoms with Crippen LogP contribution in [0.1, 0.15) is 0 Å². The monoisotopic (exact) mass is 1580 g/mol. The van der Waals surface area contributed by atoms with Gasteiger partial charge in [-0.15, -0.1) is 0 Å². The predicted octanol–water partition coefficient (Wildman–Crippen LogP) is 28.8. The molecule has 0 N–H and O–H groups in total. The summed E-state index contributed by atoms with van der Waals surface area (Å²) >= 11 is 0. The molecule has 0 bridgehead atoms. The maximum Gasteiger partial charge on any atom is 0.164 e.